The molecule has 0 amide bonds. The van der Waals surface area contributed by atoms with Crippen LogP contribution in [0.3, 0.4) is 0 Å². The minimum absolute atomic E-state index is 0.146. The van der Waals surface area contributed by atoms with Gasteiger partial charge in [0, 0.05) is 0 Å². The Kier molecular flexibility index (Phi) is 5.82. The van der Waals surface area contributed by atoms with Gasteiger partial charge in [-0.25, -0.2) is 4.79 Å². The third-order valence-electron chi connectivity index (χ3n) is 3.34. The number of carbonyl (C=O) groups is 1. The van der Waals surface area contributed by atoms with E-state index in [9.17, 15) is 9.90 Å². The summed E-state index contributed by atoms with van der Waals surface area (Å²) in [5.74, 6) is -0.488. The van der Waals surface area contributed by atoms with Crippen molar-refractivity contribution in [2.24, 2.45) is 0 Å². The first-order valence-corrected chi connectivity index (χ1v) is 7.86. The average molecular weight is 347 g/mol. The van der Waals surface area contributed by atoms with Crippen molar-refractivity contribution in [1.29, 1.82) is 0 Å². The van der Waals surface area contributed by atoms with E-state index in [1.54, 1.807) is 18.2 Å². The number of hydrogen-bond donors (Lipinski definition) is 2. The van der Waals surface area contributed by atoms with Crippen LogP contribution >= 0.6 is 11.6 Å². The molecule has 0 saturated heterocycles. The first kappa shape index (κ1) is 17.8. The molecule has 0 aliphatic rings. The van der Waals surface area contributed by atoms with E-state index in [-0.39, 0.29) is 12.1 Å². The van der Waals surface area contributed by atoms with Gasteiger partial charge in [0.25, 0.3) is 0 Å². The predicted octanol–water partition coefficient (Wildman–Crippen LogP) is 4.48. The van der Waals surface area contributed by atoms with E-state index in [1.165, 1.54) is 6.07 Å². The summed E-state index contributed by atoms with van der Waals surface area (Å²) in [6.45, 7) is 8.23. The summed E-state index contributed by atoms with van der Waals surface area (Å²) >= 11 is 6.15. The second kappa shape index (κ2) is 7.84. The van der Waals surface area contributed by atoms with Crippen molar-refractivity contribution < 1.29 is 14.6 Å². The summed E-state index contributed by atoms with van der Waals surface area (Å²) in [6, 6.07) is 8.54. The van der Waals surface area contributed by atoms with E-state index in [0.29, 0.717) is 34.5 Å². The molecule has 0 saturated carbocycles. The lowest BCUT2D eigenvalue weighted by Gasteiger charge is -2.15. The van der Waals surface area contributed by atoms with Crippen LogP contribution in [0.15, 0.2) is 36.9 Å². The predicted molar refractivity (Wildman–Crippen MR) is 95.9 cm³/mol. The van der Waals surface area contributed by atoms with Gasteiger partial charge >= 0.3 is 5.97 Å². The number of carboxylic acid groups (broad SMARTS) is 1. The number of halogens is 1. The zero-order valence-corrected chi connectivity index (χ0v) is 14.4. The molecule has 5 nitrogen and oxygen atoms in total. The van der Waals surface area contributed by atoms with Crippen LogP contribution in [0.1, 0.15) is 35.6 Å². The van der Waals surface area contributed by atoms with Crippen LogP contribution in [0.4, 0.5) is 5.69 Å². The number of nitrogens with zero attached hydrogens (tertiary/aromatic N) is 1. The molecule has 0 spiro atoms. The van der Waals surface area contributed by atoms with Gasteiger partial charge in [-0.15, -0.1) is 0 Å². The monoisotopic (exact) mass is 346 g/mol. The van der Waals surface area contributed by atoms with Crippen LogP contribution in [-0.4, -0.2) is 22.7 Å². The Hall–Kier alpha value is -2.53. The van der Waals surface area contributed by atoms with E-state index in [4.69, 9.17) is 16.3 Å². The molecule has 0 atom stereocenters. The Morgan fingerprint density at radius 1 is 1.38 bits per heavy atom. The van der Waals surface area contributed by atoms with Crippen LogP contribution in [0.25, 0.3) is 5.57 Å². The SMILES string of the molecule is C=C(C)c1ccc(C(=O)O)c(CNc2cccc(Cl)c2OCC)n1. The lowest BCUT2D eigenvalue weighted by atomic mass is 10.1. The van der Waals surface area contributed by atoms with Crippen LogP contribution in [0.2, 0.25) is 5.02 Å². The number of allylic oxidation sites excluding steroid dienone is 1. The largest absolute Gasteiger partial charge is 0.490 e. The van der Waals surface area contributed by atoms with Gasteiger partial charge in [-0.2, -0.15) is 0 Å². The van der Waals surface area contributed by atoms with Crippen LogP contribution < -0.4 is 10.1 Å². The highest BCUT2D eigenvalue weighted by Gasteiger charge is 2.14. The van der Waals surface area contributed by atoms with Gasteiger partial charge in [0.05, 0.1) is 40.8 Å². The Morgan fingerprint density at radius 2 is 2.12 bits per heavy atom. The topological polar surface area (TPSA) is 71.5 Å². The van der Waals surface area contributed by atoms with Gasteiger partial charge in [-0.1, -0.05) is 24.2 Å². The molecule has 0 fully saturated rings. The molecule has 1 aromatic heterocycles. The van der Waals surface area contributed by atoms with Gasteiger partial charge < -0.3 is 15.2 Å². The highest BCUT2D eigenvalue weighted by atomic mass is 35.5. The highest BCUT2D eigenvalue weighted by Crippen LogP contribution is 2.33. The van der Waals surface area contributed by atoms with E-state index in [1.807, 2.05) is 19.9 Å². The Labute approximate surface area is 145 Å². The summed E-state index contributed by atoms with van der Waals surface area (Å²) in [6.07, 6.45) is 0. The smallest absolute Gasteiger partial charge is 0.337 e. The van der Waals surface area contributed by atoms with Crippen molar-refractivity contribution in [3.05, 3.63) is 58.9 Å². The molecule has 2 aromatic rings. The number of hydrogen-bond acceptors (Lipinski definition) is 4. The molecule has 2 N–H and O–H groups in total. The van der Waals surface area contributed by atoms with Crippen molar-refractivity contribution in [3.8, 4) is 5.75 Å². The standard InChI is InChI=1S/C18H19ClN2O3/c1-4-24-17-13(19)6-5-7-15(17)20-10-16-12(18(22)23)8-9-14(21-16)11(2)3/h5-9,20H,2,4,10H2,1,3H3,(H,22,23). The van der Waals surface area contributed by atoms with Gasteiger partial charge in [-0.05, 0) is 43.7 Å². The molecule has 126 valence electrons. The molecule has 6 heteroatoms. The first-order valence-electron chi connectivity index (χ1n) is 7.48. The number of aromatic nitrogens is 1. The fourth-order valence-corrected chi connectivity index (χ4v) is 2.42. The number of anilines is 1. The lowest BCUT2D eigenvalue weighted by Crippen LogP contribution is -2.11. The number of para-hydroxylation sites is 1. The van der Waals surface area contributed by atoms with Gasteiger partial charge in [0.15, 0.2) is 5.75 Å². The van der Waals surface area contributed by atoms with E-state index < -0.39 is 5.97 Å². The number of aromatic carboxylic acids is 1. The second-order valence-electron chi connectivity index (χ2n) is 5.18. The summed E-state index contributed by atoms with van der Waals surface area (Å²) < 4.78 is 5.55. The van der Waals surface area contributed by atoms with Crippen molar-refractivity contribution in [2.75, 3.05) is 11.9 Å². The third kappa shape index (κ3) is 4.06. The summed E-state index contributed by atoms with van der Waals surface area (Å²) in [5.41, 5.74) is 2.68. The van der Waals surface area contributed by atoms with Crippen LogP contribution in [-0.2, 0) is 6.54 Å². The molecule has 0 aliphatic carbocycles. The molecular weight excluding hydrogens is 328 g/mol. The lowest BCUT2D eigenvalue weighted by molar-refractivity contribution is 0.0695. The van der Waals surface area contributed by atoms with Crippen molar-refractivity contribution in [3.63, 3.8) is 0 Å². The number of benzene rings is 1. The maximum Gasteiger partial charge on any atom is 0.337 e. The second-order valence-corrected chi connectivity index (χ2v) is 5.59. The molecule has 1 heterocycles. The van der Waals surface area contributed by atoms with Gasteiger partial charge in [0.2, 0.25) is 0 Å². The number of carboxylic acids is 1. The highest BCUT2D eigenvalue weighted by molar-refractivity contribution is 6.32. The van der Waals surface area contributed by atoms with E-state index in [2.05, 4.69) is 16.9 Å². The Balaban J connectivity index is 2.32. The molecule has 0 unspecified atom stereocenters. The van der Waals surface area contributed by atoms with E-state index in [0.717, 1.165) is 5.57 Å². The third-order valence-corrected chi connectivity index (χ3v) is 3.64. The van der Waals surface area contributed by atoms with Crippen molar-refractivity contribution >= 4 is 28.8 Å². The number of pyridine rings is 1. The quantitative estimate of drug-likeness (QED) is 0.773. The van der Waals surface area contributed by atoms with Crippen molar-refractivity contribution in [1.82, 2.24) is 4.98 Å². The number of rotatable bonds is 7. The number of ether oxygens (including phenoxy) is 1. The Bertz CT molecular complexity index is 775. The number of nitrogens with one attached hydrogen (secondary N) is 1. The molecule has 0 radical (unpaired) electrons. The van der Waals surface area contributed by atoms with E-state index >= 15 is 0 Å². The summed E-state index contributed by atoms with van der Waals surface area (Å²) in [7, 11) is 0. The van der Waals surface area contributed by atoms with Crippen LogP contribution in [0.5, 0.6) is 5.75 Å². The first-order chi connectivity index (χ1) is 11.4. The maximum atomic E-state index is 11.4. The Morgan fingerprint density at radius 3 is 2.75 bits per heavy atom. The average Bonchev–Trinajstić information content (AvgIpc) is 2.55. The fraction of sp³-hybridized carbons (Fsp3) is 0.222. The molecule has 2 rings (SSSR count). The molecule has 24 heavy (non-hydrogen) atoms. The molecule has 0 aliphatic heterocycles. The fourth-order valence-electron chi connectivity index (χ4n) is 2.19. The zero-order valence-electron chi connectivity index (χ0n) is 13.6. The molecule has 0 bridgehead atoms. The normalized spacial score (nSPS) is 10.3. The van der Waals surface area contributed by atoms with Crippen LogP contribution in [0, 0.1) is 0 Å². The molecular formula is C18H19ClN2O3. The minimum Gasteiger partial charge on any atom is -0.490 e. The van der Waals surface area contributed by atoms with Gasteiger partial charge in [-0.3, -0.25) is 4.98 Å². The van der Waals surface area contributed by atoms with Crippen molar-refractivity contribution in [2.45, 2.75) is 20.4 Å². The zero-order chi connectivity index (χ0) is 17.7. The molecule has 1 aromatic carbocycles. The van der Waals surface area contributed by atoms with Gasteiger partial charge in [0.1, 0.15) is 0 Å². The summed E-state index contributed by atoms with van der Waals surface area (Å²) in [5, 5.41) is 13.0. The minimum atomic E-state index is -1.02. The maximum absolute atomic E-state index is 11.4. The summed E-state index contributed by atoms with van der Waals surface area (Å²) in [4.78, 5) is 15.8.